The molecule has 1 unspecified atom stereocenters. The summed E-state index contributed by atoms with van der Waals surface area (Å²) in [5, 5.41) is 9.10. The first-order valence-electron chi connectivity index (χ1n) is 15.1. The molecule has 2 atom stereocenters. The van der Waals surface area contributed by atoms with Gasteiger partial charge < -0.3 is 25.8 Å². The molecule has 0 saturated carbocycles. The van der Waals surface area contributed by atoms with E-state index >= 15 is 0 Å². The van der Waals surface area contributed by atoms with Gasteiger partial charge in [-0.15, -0.1) is 0 Å². The van der Waals surface area contributed by atoms with Crippen molar-refractivity contribution in [3.8, 4) is 0 Å². The van der Waals surface area contributed by atoms with Crippen LogP contribution in [0.1, 0.15) is 48.1 Å². The Hall–Kier alpha value is -4.57. The van der Waals surface area contributed by atoms with Gasteiger partial charge in [0.05, 0.1) is 10.8 Å². The van der Waals surface area contributed by atoms with Crippen molar-refractivity contribution in [1.29, 1.82) is 0 Å². The van der Waals surface area contributed by atoms with Crippen LogP contribution in [0.3, 0.4) is 0 Å². The van der Waals surface area contributed by atoms with Crippen molar-refractivity contribution in [2.75, 3.05) is 37.3 Å². The number of carbonyl (C=O) groups is 4. The smallest absolute Gasteiger partial charge is 0.244 e. The standard InChI is InChI=1S/C34H38N6O4/c1-22(41)39-14-12-33(2,21-39)32(44)40(19-25-8-5-4-7-24(25)18-35-3)20-29(42)37-27-11-10-23-16-34(17-26(23)15-27)28-9-6-13-36-30(28)38-31(34)43/h4-11,13,15,35H,12,14,16-21H2,1-3H3,(H,37,42)(H,36,38,43)/t33?,34-/m1/s1. The fraction of sp³-hybridized carbons (Fsp3) is 0.382. The van der Waals surface area contributed by atoms with Crippen molar-refractivity contribution in [2.24, 2.45) is 5.41 Å². The number of likely N-dealkylation sites (tertiary alicyclic amines) is 1. The summed E-state index contributed by atoms with van der Waals surface area (Å²) in [5.74, 6) is 0.0477. The van der Waals surface area contributed by atoms with Gasteiger partial charge >= 0.3 is 0 Å². The molecule has 3 aliphatic rings. The van der Waals surface area contributed by atoms with E-state index in [1.54, 1.807) is 16.0 Å². The van der Waals surface area contributed by atoms with E-state index in [2.05, 4.69) is 20.9 Å². The Morgan fingerprint density at radius 2 is 1.82 bits per heavy atom. The van der Waals surface area contributed by atoms with Crippen molar-refractivity contribution in [3.05, 3.63) is 88.6 Å². The lowest BCUT2D eigenvalue weighted by molar-refractivity contribution is -0.144. The molecule has 1 aromatic heterocycles. The van der Waals surface area contributed by atoms with Gasteiger partial charge in [0, 0.05) is 50.6 Å². The Kier molecular flexibility index (Phi) is 7.71. The maximum atomic E-state index is 14.1. The normalized spacial score (nSPS) is 21.6. The van der Waals surface area contributed by atoms with E-state index < -0.39 is 10.8 Å². The molecule has 0 bridgehead atoms. The summed E-state index contributed by atoms with van der Waals surface area (Å²) >= 11 is 0. The molecule has 10 nitrogen and oxygen atoms in total. The fourth-order valence-corrected chi connectivity index (χ4v) is 6.98. The third kappa shape index (κ3) is 5.34. The molecule has 228 valence electrons. The second-order valence-electron chi connectivity index (χ2n) is 12.5. The summed E-state index contributed by atoms with van der Waals surface area (Å²) in [4.78, 5) is 60.4. The van der Waals surface area contributed by atoms with Gasteiger partial charge in [0.25, 0.3) is 0 Å². The predicted octanol–water partition coefficient (Wildman–Crippen LogP) is 3.02. The number of anilines is 2. The third-order valence-corrected chi connectivity index (χ3v) is 9.37. The fourth-order valence-electron chi connectivity index (χ4n) is 6.98. The van der Waals surface area contributed by atoms with Crippen LogP contribution in [0.5, 0.6) is 0 Å². The van der Waals surface area contributed by atoms with E-state index in [1.807, 2.05) is 68.6 Å². The van der Waals surface area contributed by atoms with E-state index in [1.165, 1.54) is 6.92 Å². The number of hydrogen-bond acceptors (Lipinski definition) is 6. The van der Waals surface area contributed by atoms with Crippen LogP contribution in [0.25, 0.3) is 0 Å². The van der Waals surface area contributed by atoms with Crippen LogP contribution >= 0.6 is 0 Å². The highest BCUT2D eigenvalue weighted by Gasteiger charge is 2.51. The Balaban J connectivity index is 1.21. The molecule has 1 aliphatic carbocycles. The lowest BCUT2D eigenvalue weighted by atomic mass is 9.79. The number of pyridine rings is 1. The first-order chi connectivity index (χ1) is 21.1. The van der Waals surface area contributed by atoms with Gasteiger partial charge in [-0.3, -0.25) is 19.2 Å². The van der Waals surface area contributed by atoms with Gasteiger partial charge in [-0.2, -0.15) is 0 Å². The van der Waals surface area contributed by atoms with Gasteiger partial charge in [0.1, 0.15) is 12.4 Å². The molecule has 4 amide bonds. The molecule has 1 fully saturated rings. The van der Waals surface area contributed by atoms with Crippen LogP contribution in [0.4, 0.5) is 11.5 Å². The lowest BCUT2D eigenvalue weighted by Gasteiger charge is -2.32. The summed E-state index contributed by atoms with van der Waals surface area (Å²) in [7, 11) is 1.87. The highest BCUT2D eigenvalue weighted by atomic mass is 16.2. The van der Waals surface area contributed by atoms with Crippen molar-refractivity contribution in [3.63, 3.8) is 0 Å². The monoisotopic (exact) mass is 594 g/mol. The Morgan fingerprint density at radius 1 is 1.05 bits per heavy atom. The summed E-state index contributed by atoms with van der Waals surface area (Å²) in [5.41, 5.74) is 4.14. The average Bonchev–Trinajstić information content (AvgIpc) is 3.67. The summed E-state index contributed by atoms with van der Waals surface area (Å²) < 4.78 is 0. The van der Waals surface area contributed by atoms with E-state index in [0.29, 0.717) is 50.4 Å². The maximum Gasteiger partial charge on any atom is 0.244 e. The summed E-state index contributed by atoms with van der Waals surface area (Å²) in [6.07, 6.45) is 3.31. The largest absolute Gasteiger partial charge is 0.342 e. The van der Waals surface area contributed by atoms with Gasteiger partial charge in [-0.25, -0.2) is 4.98 Å². The molecular formula is C34H38N6O4. The van der Waals surface area contributed by atoms with E-state index in [-0.39, 0.29) is 36.7 Å². The minimum absolute atomic E-state index is 0.0514. The summed E-state index contributed by atoms with van der Waals surface area (Å²) in [6.45, 7) is 5.02. The molecule has 3 N–H and O–H groups in total. The maximum absolute atomic E-state index is 14.1. The zero-order chi connectivity index (χ0) is 31.1. The number of aromatic nitrogens is 1. The minimum Gasteiger partial charge on any atom is -0.342 e. The van der Waals surface area contributed by atoms with Crippen LogP contribution < -0.4 is 16.0 Å². The van der Waals surface area contributed by atoms with Crippen molar-refractivity contribution >= 4 is 35.1 Å². The second kappa shape index (κ2) is 11.5. The van der Waals surface area contributed by atoms with Crippen molar-refractivity contribution in [1.82, 2.24) is 20.1 Å². The summed E-state index contributed by atoms with van der Waals surface area (Å²) in [6, 6.07) is 17.4. The average molecular weight is 595 g/mol. The van der Waals surface area contributed by atoms with Crippen LogP contribution in [0, 0.1) is 5.41 Å². The van der Waals surface area contributed by atoms with Crippen molar-refractivity contribution in [2.45, 2.75) is 51.6 Å². The topological polar surface area (TPSA) is 124 Å². The molecule has 10 heteroatoms. The molecule has 0 radical (unpaired) electrons. The van der Waals surface area contributed by atoms with Gasteiger partial charge in [0.15, 0.2) is 0 Å². The number of nitrogens with one attached hydrogen (secondary N) is 3. The Bertz CT molecular complexity index is 1660. The van der Waals surface area contributed by atoms with Crippen LogP contribution in [0.2, 0.25) is 0 Å². The molecular weight excluding hydrogens is 556 g/mol. The molecule has 6 rings (SSSR count). The minimum atomic E-state index is -0.779. The zero-order valence-electron chi connectivity index (χ0n) is 25.4. The molecule has 1 saturated heterocycles. The van der Waals surface area contributed by atoms with E-state index in [0.717, 1.165) is 27.8 Å². The number of rotatable bonds is 8. The third-order valence-electron chi connectivity index (χ3n) is 9.37. The number of hydrogen-bond donors (Lipinski definition) is 3. The number of amides is 4. The lowest BCUT2D eigenvalue weighted by Crippen LogP contribution is -2.47. The number of fused-ring (bicyclic) bond motifs is 3. The van der Waals surface area contributed by atoms with Crippen LogP contribution in [-0.2, 0) is 50.5 Å². The molecule has 3 heterocycles. The zero-order valence-corrected chi connectivity index (χ0v) is 25.4. The Labute approximate surface area is 257 Å². The van der Waals surface area contributed by atoms with Crippen LogP contribution in [-0.4, -0.2) is 65.1 Å². The SMILES string of the molecule is CNCc1ccccc1CN(CC(=O)Nc1ccc2c(c1)C[C@@]1(C2)C(=O)Nc2ncccc21)C(=O)C1(C)CCN(C(C)=O)C1. The number of nitrogens with zero attached hydrogens (tertiary/aromatic N) is 3. The molecule has 2 aromatic carbocycles. The van der Waals surface area contributed by atoms with Crippen molar-refractivity contribution < 1.29 is 19.2 Å². The second-order valence-corrected chi connectivity index (χ2v) is 12.5. The van der Waals surface area contributed by atoms with Gasteiger partial charge in [0.2, 0.25) is 23.6 Å². The first kappa shape index (κ1) is 29.5. The molecule has 3 aromatic rings. The predicted molar refractivity (Wildman–Crippen MR) is 167 cm³/mol. The van der Waals surface area contributed by atoms with E-state index in [9.17, 15) is 19.2 Å². The van der Waals surface area contributed by atoms with Gasteiger partial charge in [-0.05, 0) is 73.7 Å². The van der Waals surface area contributed by atoms with Crippen LogP contribution in [0.15, 0.2) is 60.8 Å². The first-order valence-corrected chi connectivity index (χ1v) is 15.1. The van der Waals surface area contributed by atoms with E-state index in [4.69, 9.17) is 0 Å². The van der Waals surface area contributed by atoms with Gasteiger partial charge in [-0.1, -0.05) is 36.4 Å². The number of benzene rings is 2. The molecule has 44 heavy (non-hydrogen) atoms. The number of carbonyl (C=O) groups excluding carboxylic acids is 4. The quantitative estimate of drug-likeness (QED) is 0.369. The molecule has 2 aliphatic heterocycles. The highest BCUT2D eigenvalue weighted by Crippen LogP contribution is 2.47. The molecule has 1 spiro atoms. The highest BCUT2D eigenvalue weighted by molar-refractivity contribution is 6.06. The Morgan fingerprint density at radius 3 is 2.57 bits per heavy atom.